The van der Waals surface area contributed by atoms with Crippen LogP contribution >= 0.6 is 0 Å². The van der Waals surface area contributed by atoms with E-state index < -0.39 is 0 Å². The first-order chi connectivity index (χ1) is 14.0. The summed E-state index contributed by atoms with van der Waals surface area (Å²) in [6, 6.07) is 15.8. The van der Waals surface area contributed by atoms with E-state index in [0.29, 0.717) is 12.3 Å². The molecule has 2 amide bonds. The number of nitrogens with zero attached hydrogens (tertiary/aromatic N) is 1. The van der Waals surface area contributed by atoms with Crippen molar-refractivity contribution in [3.63, 3.8) is 0 Å². The van der Waals surface area contributed by atoms with Crippen molar-refractivity contribution < 1.29 is 14.3 Å². The maximum absolute atomic E-state index is 12.6. The minimum Gasteiger partial charge on any atom is -0.497 e. The average molecular weight is 395 g/mol. The number of likely N-dealkylation sites (tertiary alicyclic amines) is 1. The van der Waals surface area contributed by atoms with Crippen LogP contribution in [0.3, 0.4) is 0 Å². The van der Waals surface area contributed by atoms with Crippen LogP contribution in [0.4, 0.5) is 5.69 Å². The van der Waals surface area contributed by atoms with Gasteiger partial charge in [-0.1, -0.05) is 24.3 Å². The zero-order valence-corrected chi connectivity index (χ0v) is 17.3. The molecule has 3 rings (SSSR count). The molecule has 0 atom stereocenters. The number of anilines is 1. The van der Waals surface area contributed by atoms with Crippen LogP contribution in [-0.2, 0) is 22.4 Å². The van der Waals surface area contributed by atoms with Gasteiger partial charge in [-0.2, -0.15) is 0 Å². The van der Waals surface area contributed by atoms with Crippen LogP contribution in [0.15, 0.2) is 48.5 Å². The molecule has 0 spiro atoms. The monoisotopic (exact) mass is 394 g/mol. The molecule has 29 heavy (non-hydrogen) atoms. The molecule has 154 valence electrons. The molecule has 1 heterocycles. The van der Waals surface area contributed by atoms with Gasteiger partial charge in [0.05, 0.1) is 13.5 Å². The number of rotatable bonds is 7. The van der Waals surface area contributed by atoms with Crippen molar-refractivity contribution in [1.29, 1.82) is 0 Å². The minimum atomic E-state index is -0.0938. The van der Waals surface area contributed by atoms with Crippen LogP contribution in [0.2, 0.25) is 0 Å². The fourth-order valence-corrected chi connectivity index (χ4v) is 3.83. The van der Waals surface area contributed by atoms with E-state index >= 15 is 0 Å². The molecule has 1 aliphatic rings. The summed E-state index contributed by atoms with van der Waals surface area (Å²) in [4.78, 5) is 25.7. The molecule has 0 aromatic heterocycles. The number of ether oxygens (including phenoxy) is 1. The third-order valence-electron chi connectivity index (χ3n) is 5.60. The van der Waals surface area contributed by atoms with Gasteiger partial charge in [-0.25, -0.2) is 0 Å². The van der Waals surface area contributed by atoms with Crippen molar-refractivity contribution in [2.45, 2.75) is 39.0 Å². The lowest BCUT2D eigenvalue weighted by Gasteiger charge is -2.32. The second-order valence-corrected chi connectivity index (χ2v) is 7.77. The average Bonchev–Trinajstić information content (AvgIpc) is 2.74. The standard InChI is InChI=1S/C24H30N2O3/c1-18(27)25-22-9-5-21(6-10-22)17-24(28)26-15-13-20(14-16-26)4-3-19-7-11-23(29-2)12-8-19/h5-12,20H,3-4,13-17H2,1-2H3,(H,25,27). The van der Waals surface area contributed by atoms with E-state index in [2.05, 4.69) is 17.4 Å². The SMILES string of the molecule is COc1ccc(CCC2CCN(C(=O)Cc3ccc(NC(C)=O)cc3)CC2)cc1. The summed E-state index contributed by atoms with van der Waals surface area (Å²) < 4.78 is 5.21. The van der Waals surface area contributed by atoms with Gasteiger partial charge < -0.3 is 15.0 Å². The molecule has 0 unspecified atom stereocenters. The Hall–Kier alpha value is -2.82. The Morgan fingerprint density at radius 1 is 1.00 bits per heavy atom. The summed E-state index contributed by atoms with van der Waals surface area (Å²) in [5.74, 6) is 1.66. The van der Waals surface area contributed by atoms with Crippen LogP contribution in [-0.4, -0.2) is 36.9 Å². The summed E-state index contributed by atoms with van der Waals surface area (Å²) in [6.45, 7) is 3.17. The molecule has 5 heteroatoms. The number of amides is 2. The third kappa shape index (κ3) is 6.34. The van der Waals surface area contributed by atoms with Gasteiger partial charge in [0.15, 0.2) is 0 Å². The highest BCUT2D eigenvalue weighted by Crippen LogP contribution is 2.24. The van der Waals surface area contributed by atoms with Gasteiger partial charge >= 0.3 is 0 Å². The van der Waals surface area contributed by atoms with Crippen molar-refractivity contribution in [1.82, 2.24) is 4.90 Å². The van der Waals surface area contributed by atoms with E-state index in [1.54, 1.807) is 7.11 Å². The summed E-state index contributed by atoms with van der Waals surface area (Å²) in [7, 11) is 1.69. The number of piperidine rings is 1. The summed E-state index contributed by atoms with van der Waals surface area (Å²) >= 11 is 0. The van der Waals surface area contributed by atoms with Crippen LogP contribution in [0.25, 0.3) is 0 Å². The number of methoxy groups -OCH3 is 1. The number of benzene rings is 2. The van der Waals surface area contributed by atoms with Crippen molar-refractivity contribution in [2.24, 2.45) is 5.92 Å². The van der Waals surface area contributed by atoms with E-state index in [4.69, 9.17) is 4.74 Å². The lowest BCUT2D eigenvalue weighted by molar-refractivity contribution is -0.131. The normalized spacial score (nSPS) is 14.5. The second kappa shape index (κ2) is 10.1. The van der Waals surface area contributed by atoms with E-state index in [1.165, 1.54) is 18.9 Å². The van der Waals surface area contributed by atoms with Gasteiger partial charge in [0.1, 0.15) is 5.75 Å². The molecule has 0 radical (unpaired) electrons. The number of carbonyl (C=O) groups is 2. The predicted octanol–water partition coefficient (Wildman–Crippen LogP) is 4.07. The minimum absolute atomic E-state index is 0.0938. The predicted molar refractivity (Wildman–Crippen MR) is 115 cm³/mol. The Balaban J connectivity index is 1.41. The highest BCUT2D eigenvalue weighted by Gasteiger charge is 2.22. The lowest BCUT2D eigenvalue weighted by atomic mass is 9.90. The van der Waals surface area contributed by atoms with E-state index in [-0.39, 0.29) is 11.8 Å². The summed E-state index contributed by atoms with van der Waals surface area (Å²) in [5.41, 5.74) is 3.07. The first-order valence-corrected chi connectivity index (χ1v) is 10.3. The van der Waals surface area contributed by atoms with Gasteiger partial charge in [0, 0.05) is 25.7 Å². The van der Waals surface area contributed by atoms with Gasteiger partial charge in [-0.05, 0) is 67.0 Å². The zero-order chi connectivity index (χ0) is 20.6. The smallest absolute Gasteiger partial charge is 0.226 e. The number of aryl methyl sites for hydroxylation is 1. The summed E-state index contributed by atoms with van der Waals surface area (Å²) in [5, 5.41) is 2.74. The van der Waals surface area contributed by atoms with Crippen molar-refractivity contribution in [2.75, 3.05) is 25.5 Å². The molecule has 0 saturated carbocycles. The Bertz CT molecular complexity index is 807. The fraction of sp³-hybridized carbons (Fsp3) is 0.417. The molecule has 1 saturated heterocycles. The molecule has 1 aliphatic heterocycles. The summed E-state index contributed by atoms with van der Waals surface area (Å²) in [6.07, 6.45) is 4.80. The molecule has 1 N–H and O–H groups in total. The second-order valence-electron chi connectivity index (χ2n) is 7.77. The first kappa shape index (κ1) is 20.9. The molecular weight excluding hydrogens is 364 g/mol. The van der Waals surface area contributed by atoms with Crippen molar-refractivity contribution >= 4 is 17.5 Å². The van der Waals surface area contributed by atoms with Crippen LogP contribution in [0.5, 0.6) is 5.75 Å². The Morgan fingerprint density at radius 3 is 2.21 bits per heavy atom. The van der Waals surface area contributed by atoms with Gasteiger partial charge in [0.2, 0.25) is 11.8 Å². The first-order valence-electron chi connectivity index (χ1n) is 10.3. The molecule has 1 fully saturated rings. The van der Waals surface area contributed by atoms with Crippen LogP contribution in [0, 0.1) is 5.92 Å². The lowest BCUT2D eigenvalue weighted by Crippen LogP contribution is -2.39. The Labute approximate surface area is 173 Å². The number of hydrogen-bond donors (Lipinski definition) is 1. The molecule has 2 aromatic rings. The molecule has 2 aromatic carbocycles. The van der Waals surface area contributed by atoms with E-state index in [0.717, 1.165) is 49.4 Å². The highest BCUT2D eigenvalue weighted by molar-refractivity contribution is 5.88. The van der Waals surface area contributed by atoms with E-state index in [1.807, 2.05) is 41.3 Å². The fourth-order valence-electron chi connectivity index (χ4n) is 3.83. The van der Waals surface area contributed by atoms with Crippen LogP contribution in [0.1, 0.15) is 37.3 Å². The Kier molecular flexibility index (Phi) is 7.28. The molecule has 0 aliphatic carbocycles. The van der Waals surface area contributed by atoms with E-state index in [9.17, 15) is 9.59 Å². The molecular formula is C24H30N2O3. The topological polar surface area (TPSA) is 58.6 Å². The van der Waals surface area contributed by atoms with Crippen molar-refractivity contribution in [3.05, 3.63) is 59.7 Å². The van der Waals surface area contributed by atoms with Crippen LogP contribution < -0.4 is 10.1 Å². The number of nitrogens with one attached hydrogen (secondary N) is 1. The van der Waals surface area contributed by atoms with Gasteiger partial charge in [-0.3, -0.25) is 9.59 Å². The largest absolute Gasteiger partial charge is 0.497 e. The maximum atomic E-state index is 12.6. The molecule has 0 bridgehead atoms. The quantitative estimate of drug-likeness (QED) is 0.770. The third-order valence-corrected chi connectivity index (χ3v) is 5.60. The zero-order valence-electron chi connectivity index (χ0n) is 17.3. The van der Waals surface area contributed by atoms with Gasteiger partial charge in [0.25, 0.3) is 0 Å². The van der Waals surface area contributed by atoms with Crippen molar-refractivity contribution in [3.8, 4) is 5.75 Å². The highest BCUT2D eigenvalue weighted by atomic mass is 16.5. The van der Waals surface area contributed by atoms with Gasteiger partial charge in [-0.15, -0.1) is 0 Å². The number of hydrogen-bond acceptors (Lipinski definition) is 3. The molecule has 5 nitrogen and oxygen atoms in total. The number of carbonyl (C=O) groups excluding carboxylic acids is 2. The maximum Gasteiger partial charge on any atom is 0.226 e. The Morgan fingerprint density at radius 2 is 1.62 bits per heavy atom.